The lowest BCUT2D eigenvalue weighted by atomic mass is 10.1. The molecule has 2 aromatic rings. The molecule has 1 aromatic heterocycles. The zero-order valence-corrected chi connectivity index (χ0v) is 19.6. The van der Waals surface area contributed by atoms with Gasteiger partial charge in [-0.25, -0.2) is 0 Å². The van der Waals surface area contributed by atoms with Crippen LogP contribution in [0.2, 0.25) is 0 Å². The van der Waals surface area contributed by atoms with Gasteiger partial charge in [0.05, 0.1) is 46.4 Å². The van der Waals surface area contributed by atoms with Crippen molar-refractivity contribution in [1.82, 2.24) is 4.98 Å². The zero-order valence-electron chi connectivity index (χ0n) is 19.6. The third-order valence-corrected chi connectivity index (χ3v) is 4.73. The van der Waals surface area contributed by atoms with E-state index in [1.807, 2.05) is 0 Å². The van der Waals surface area contributed by atoms with Crippen LogP contribution in [0.25, 0.3) is 6.08 Å². The van der Waals surface area contributed by atoms with Crippen molar-refractivity contribution in [2.75, 3.05) is 34.5 Å². The van der Waals surface area contributed by atoms with Gasteiger partial charge in [0.15, 0.2) is 28.8 Å². The molecule has 0 aliphatic rings. The molecule has 0 bridgehead atoms. The summed E-state index contributed by atoms with van der Waals surface area (Å²) in [5, 5.41) is 0. The molecule has 0 radical (unpaired) electrons. The number of carbonyl (C=O) groups excluding carboxylic acids is 2. The van der Waals surface area contributed by atoms with Crippen molar-refractivity contribution in [3.63, 3.8) is 0 Å². The fourth-order valence-corrected chi connectivity index (χ4v) is 3.01. The van der Waals surface area contributed by atoms with Gasteiger partial charge in [-0.1, -0.05) is 0 Å². The Morgan fingerprint density at radius 3 is 2.36 bits per heavy atom. The average molecular weight is 458 g/mol. The molecule has 0 spiro atoms. The Hall–Kier alpha value is -3.55. The van der Waals surface area contributed by atoms with E-state index < -0.39 is 0 Å². The van der Waals surface area contributed by atoms with Gasteiger partial charge in [-0.2, -0.15) is 0 Å². The number of carbonyl (C=O) groups is 2. The molecular formula is C25H31NO7. The number of esters is 1. The molecule has 8 heteroatoms. The standard InChI is InChI=1S/C25H31NO7/c1-5-32-25(28)9-7-6-8-14-33-23-16-19(26-17-24(23)31-4)11-12-20(27)18-10-13-21(29-2)22(15-18)30-3/h10-13,15-17H,5-9,14H2,1-4H3. The van der Waals surface area contributed by atoms with E-state index in [1.165, 1.54) is 20.3 Å². The number of benzene rings is 1. The topological polar surface area (TPSA) is 93.2 Å². The van der Waals surface area contributed by atoms with Crippen molar-refractivity contribution < 1.29 is 33.3 Å². The average Bonchev–Trinajstić information content (AvgIpc) is 2.84. The van der Waals surface area contributed by atoms with Crippen molar-refractivity contribution in [3.05, 3.63) is 47.8 Å². The normalized spacial score (nSPS) is 10.7. The molecule has 0 aliphatic heterocycles. The van der Waals surface area contributed by atoms with Crippen LogP contribution in [0.3, 0.4) is 0 Å². The van der Waals surface area contributed by atoms with Gasteiger partial charge in [0.25, 0.3) is 0 Å². The van der Waals surface area contributed by atoms with Crippen molar-refractivity contribution in [2.24, 2.45) is 0 Å². The molecule has 2 rings (SSSR count). The largest absolute Gasteiger partial charge is 0.493 e. The van der Waals surface area contributed by atoms with E-state index in [2.05, 4.69) is 4.98 Å². The fourth-order valence-electron chi connectivity index (χ4n) is 3.01. The summed E-state index contributed by atoms with van der Waals surface area (Å²) in [6.07, 6.45) is 7.40. The van der Waals surface area contributed by atoms with Crippen molar-refractivity contribution in [2.45, 2.75) is 32.6 Å². The lowest BCUT2D eigenvalue weighted by Gasteiger charge is -2.11. The summed E-state index contributed by atoms with van der Waals surface area (Å²) in [4.78, 5) is 28.2. The van der Waals surface area contributed by atoms with Gasteiger partial charge in [0.2, 0.25) is 0 Å². The first-order chi connectivity index (χ1) is 16.0. The van der Waals surface area contributed by atoms with Gasteiger partial charge in [-0.3, -0.25) is 14.6 Å². The van der Waals surface area contributed by atoms with Crippen LogP contribution in [-0.2, 0) is 9.53 Å². The highest BCUT2D eigenvalue weighted by atomic mass is 16.5. The van der Waals surface area contributed by atoms with Gasteiger partial charge in [-0.05, 0) is 56.5 Å². The second-order valence-electron chi connectivity index (χ2n) is 6.99. The van der Waals surface area contributed by atoms with E-state index >= 15 is 0 Å². The third kappa shape index (κ3) is 8.14. The number of nitrogens with zero attached hydrogens (tertiary/aromatic N) is 1. The number of unbranched alkanes of at least 4 members (excludes halogenated alkanes) is 2. The molecule has 1 aromatic carbocycles. The number of hydrogen-bond acceptors (Lipinski definition) is 8. The number of pyridine rings is 1. The molecule has 178 valence electrons. The maximum absolute atomic E-state index is 12.6. The maximum atomic E-state index is 12.6. The number of hydrogen-bond donors (Lipinski definition) is 0. The molecule has 0 saturated carbocycles. The molecule has 0 unspecified atom stereocenters. The molecule has 1 heterocycles. The summed E-state index contributed by atoms with van der Waals surface area (Å²) in [5.74, 6) is 1.71. The zero-order chi connectivity index (χ0) is 24.1. The molecule has 8 nitrogen and oxygen atoms in total. The van der Waals surface area contributed by atoms with Crippen LogP contribution in [0.1, 0.15) is 48.7 Å². The molecular weight excluding hydrogens is 426 g/mol. The van der Waals surface area contributed by atoms with Crippen LogP contribution in [0, 0.1) is 0 Å². The summed E-state index contributed by atoms with van der Waals surface area (Å²) >= 11 is 0. The van der Waals surface area contributed by atoms with Crippen LogP contribution >= 0.6 is 0 Å². The van der Waals surface area contributed by atoms with Crippen LogP contribution in [-0.4, -0.2) is 51.3 Å². The highest BCUT2D eigenvalue weighted by Crippen LogP contribution is 2.29. The first kappa shape index (κ1) is 25.7. The molecule has 0 saturated heterocycles. The van der Waals surface area contributed by atoms with E-state index in [0.717, 1.165) is 19.3 Å². The summed E-state index contributed by atoms with van der Waals surface area (Å²) in [6.45, 7) is 2.67. The van der Waals surface area contributed by atoms with E-state index in [1.54, 1.807) is 50.6 Å². The smallest absolute Gasteiger partial charge is 0.305 e. The highest BCUT2D eigenvalue weighted by molar-refractivity contribution is 6.07. The Morgan fingerprint density at radius 2 is 1.67 bits per heavy atom. The van der Waals surface area contributed by atoms with Crippen LogP contribution in [0.5, 0.6) is 23.0 Å². The Balaban J connectivity index is 1.95. The maximum Gasteiger partial charge on any atom is 0.305 e. The monoisotopic (exact) mass is 457 g/mol. The van der Waals surface area contributed by atoms with Gasteiger partial charge < -0.3 is 23.7 Å². The molecule has 0 aliphatic carbocycles. The van der Waals surface area contributed by atoms with Gasteiger partial charge >= 0.3 is 5.97 Å². The van der Waals surface area contributed by atoms with E-state index in [0.29, 0.717) is 53.9 Å². The van der Waals surface area contributed by atoms with Crippen molar-refractivity contribution in [3.8, 4) is 23.0 Å². The number of aromatic nitrogens is 1. The predicted molar refractivity (Wildman–Crippen MR) is 124 cm³/mol. The fraction of sp³-hybridized carbons (Fsp3) is 0.400. The molecule has 33 heavy (non-hydrogen) atoms. The Bertz CT molecular complexity index is 956. The second-order valence-corrected chi connectivity index (χ2v) is 6.99. The molecule has 0 atom stereocenters. The first-order valence-electron chi connectivity index (χ1n) is 10.8. The summed E-state index contributed by atoms with van der Waals surface area (Å²) < 4.78 is 26.5. The molecule has 0 N–H and O–H groups in total. The minimum Gasteiger partial charge on any atom is -0.493 e. The van der Waals surface area contributed by atoms with E-state index in [9.17, 15) is 9.59 Å². The van der Waals surface area contributed by atoms with Gasteiger partial charge in [0.1, 0.15) is 0 Å². The summed E-state index contributed by atoms with van der Waals surface area (Å²) in [5.41, 5.74) is 1.03. The van der Waals surface area contributed by atoms with Crippen LogP contribution < -0.4 is 18.9 Å². The first-order valence-corrected chi connectivity index (χ1v) is 10.8. The van der Waals surface area contributed by atoms with E-state index in [-0.39, 0.29) is 11.8 Å². The van der Waals surface area contributed by atoms with Crippen LogP contribution in [0.15, 0.2) is 36.5 Å². The lowest BCUT2D eigenvalue weighted by Crippen LogP contribution is -2.04. The number of methoxy groups -OCH3 is 3. The van der Waals surface area contributed by atoms with Gasteiger partial charge in [-0.15, -0.1) is 0 Å². The highest BCUT2D eigenvalue weighted by Gasteiger charge is 2.10. The predicted octanol–water partition coefficient (Wildman–Crippen LogP) is 4.51. The Kier molecular flexibility index (Phi) is 10.7. The van der Waals surface area contributed by atoms with Crippen molar-refractivity contribution in [1.29, 1.82) is 0 Å². The number of rotatable bonds is 14. The SMILES string of the molecule is CCOC(=O)CCCCCOc1cc(C=CC(=O)c2ccc(OC)c(OC)c2)ncc1OC. The number of ketones is 1. The third-order valence-electron chi connectivity index (χ3n) is 4.73. The van der Waals surface area contributed by atoms with E-state index in [4.69, 9.17) is 23.7 Å². The number of allylic oxidation sites excluding steroid dienone is 1. The Labute approximate surface area is 194 Å². The van der Waals surface area contributed by atoms with Crippen molar-refractivity contribution >= 4 is 17.8 Å². The summed E-state index contributed by atoms with van der Waals surface area (Å²) in [6, 6.07) is 6.70. The quantitative estimate of drug-likeness (QED) is 0.177. The minimum atomic E-state index is -0.197. The van der Waals surface area contributed by atoms with Crippen LogP contribution in [0.4, 0.5) is 0 Å². The Morgan fingerprint density at radius 1 is 0.909 bits per heavy atom. The lowest BCUT2D eigenvalue weighted by molar-refractivity contribution is -0.143. The molecule has 0 fully saturated rings. The minimum absolute atomic E-state index is 0.173. The summed E-state index contributed by atoms with van der Waals surface area (Å²) in [7, 11) is 4.60. The van der Waals surface area contributed by atoms with Gasteiger partial charge in [0, 0.05) is 18.1 Å². The molecule has 0 amide bonds. The number of ether oxygens (including phenoxy) is 5. The second kappa shape index (κ2) is 13.8.